The summed E-state index contributed by atoms with van der Waals surface area (Å²) in [6.07, 6.45) is 0.962. The van der Waals surface area contributed by atoms with Crippen molar-refractivity contribution >= 4 is 65.3 Å². The zero-order chi connectivity index (χ0) is 17.8. The third-order valence-corrected chi connectivity index (χ3v) is 5.91. The van der Waals surface area contributed by atoms with E-state index in [1.54, 1.807) is 0 Å². The van der Waals surface area contributed by atoms with Crippen molar-refractivity contribution in [2.24, 2.45) is 0 Å². The summed E-state index contributed by atoms with van der Waals surface area (Å²) in [7, 11) is 0. The quantitative estimate of drug-likeness (QED) is 0.215. The Morgan fingerprint density at radius 1 is 0.692 bits per heavy atom. The summed E-state index contributed by atoms with van der Waals surface area (Å²) in [4.78, 5) is 11.8. The number of halogens is 1. The number of hydrogen-bond donors (Lipinski definition) is 0. The molecule has 0 aromatic heterocycles. The van der Waals surface area contributed by atoms with Crippen LogP contribution >= 0.6 is 15.9 Å². The number of aryl methyl sites for hydroxylation is 1. The highest BCUT2D eigenvalue weighted by Gasteiger charge is 2.13. The van der Waals surface area contributed by atoms with Gasteiger partial charge in [0.25, 0.3) is 0 Å². The van der Waals surface area contributed by atoms with Gasteiger partial charge in [-0.2, -0.15) is 0 Å². The summed E-state index contributed by atoms with van der Waals surface area (Å²) in [6, 6.07) is 23.3. The van der Waals surface area contributed by atoms with Gasteiger partial charge in [0.1, 0.15) is 0 Å². The molecular weight excluding hydrogens is 384 g/mol. The van der Waals surface area contributed by atoms with Crippen LogP contribution in [-0.4, -0.2) is 6.29 Å². The van der Waals surface area contributed by atoms with Crippen LogP contribution in [0.1, 0.15) is 15.9 Å². The molecule has 0 saturated carbocycles. The van der Waals surface area contributed by atoms with Crippen LogP contribution in [0.3, 0.4) is 0 Å². The van der Waals surface area contributed by atoms with Crippen LogP contribution in [-0.2, 0) is 0 Å². The molecule has 0 bridgehead atoms. The van der Waals surface area contributed by atoms with Gasteiger partial charge in [-0.3, -0.25) is 4.79 Å². The SMILES string of the molecule is Cc1ccc2ccc3ccc4ccc5c(Br)ccc(C=O)c5c4c3c2c1. The second-order valence-corrected chi connectivity index (χ2v) is 7.65. The van der Waals surface area contributed by atoms with Crippen LogP contribution < -0.4 is 0 Å². The fraction of sp³-hybridized carbons (Fsp3) is 0.0417. The van der Waals surface area contributed by atoms with Gasteiger partial charge in [0, 0.05) is 15.4 Å². The van der Waals surface area contributed by atoms with E-state index in [-0.39, 0.29) is 0 Å². The van der Waals surface area contributed by atoms with Gasteiger partial charge in [-0.15, -0.1) is 0 Å². The third-order valence-electron chi connectivity index (χ3n) is 5.22. The average Bonchev–Trinajstić information content (AvgIpc) is 2.67. The molecule has 0 saturated heterocycles. The van der Waals surface area contributed by atoms with Gasteiger partial charge < -0.3 is 0 Å². The Kier molecular flexibility index (Phi) is 3.38. The summed E-state index contributed by atoms with van der Waals surface area (Å²) in [5.41, 5.74) is 1.96. The molecule has 0 amide bonds. The van der Waals surface area contributed by atoms with Gasteiger partial charge in [-0.1, -0.05) is 76.1 Å². The maximum absolute atomic E-state index is 11.8. The number of fused-ring (bicyclic) bond motifs is 7. The lowest BCUT2D eigenvalue weighted by molar-refractivity contribution is 0.112. The zero-order valence-corrected chi connectivity index (χ0v) is 15.8. The van der Waals surface area contributed by atoms with Crippen LogP contribution in [0.4, 0.5) is 0 Å². The van der Waals surface area contributed by atoms with Crippen molar-refractivity contribution in [3.8, 4) is 0 Å². The zero-order valence-electron chi connectivity index (χ0n) is 14.2. The monoisotopic (exact) mass is 398 g/mol. The van der Waals surface area contributed by atoms with E-state index in [1.165, 1.54) is 27.1 Å². The average molecular weight is 399 g/mol. The number of carbonyl (C=O) groups is 1. The number of aldehydes is 1. The van der Waals surface area contributed by atoms with Crippen LogP contribution in [0.25, 0.3) is 43.1 Å². The summed E-state index contributed by atoms with van der Waals surface area (Å²) < 4.78 is 1.01. The minimum absolute atomic E-state index is 0.728. The Bertz CT molecular complexity index is 1360. The molecule has 0 unspecified atom stereocenters. The van der Waals surface area contributed by atoms with Gasteiger partial charge in [-0.25, -0.2) is 0 Å². The molecular formula is C24H15BrO. The molecule has 1 nitrogen and oxygen atoms in total. The van der Waals surface area contributed by atoms with E-state index < -0.39 is 0 Å². The van der Waals surface area contributed by atoms with E-state index in [0.717, 1.165) is 37.9 Å². The molecule has 0 aliphatic rings. The van der Waals surface area contributed by atoms with Crippen molar-refractivity contribution in [3.63, 3.8) is 0 Å². The topological polar surface area (TPSA) is 17.1 Å². The predicted octanol–water partition coefficient (Wildman–Crippen LogP) is 7.18. The lowest BCUT2D eigenvalue weighted by Gasteiger charge is -2.13. The highest BCUT2D eigenvalue weighted by molar-refractivity contribution is 9.10. The first-order valence-electron chi connectivity index (χ1n) is 8.59. The maximum Gasteiger partial charge on any atom is 0.150 e. The van der Waals surface area contributed by atoms with E-state index in [2.05, 4.69) is 77.5 Å². The van der Waals surface area contributed by atoms with Gasteiger partial charge in [0.05, 0.1) is 0 Å². The van der Waals surface area contributed by atoms with Crippen molar-refractivity contribution in [3.05, 3.63) is 82.3 Å². The molecule has 0 atom stereocenters. The third kappa shape index (κ3) is 2.12. The molecule has 0 radical (unpaired) electrons. The van der Waals surface area contributed by atoms with Gasteiger partial charge in [0.2, 0.25) is 0 Å². The van der Waals surface area contributed by atoms with Crippen LogP contribution in [0, 0.1) is 6.92 Å². The Hall–Kier alpha value is -2.71. The molecule has 5 aromatic rings. The second-order valence-electron chi connectivity index (χ2n) is 6.79. The number of rotatable bonds is 1. The summed E-state index contributed by atoms with van der Waals surface area (Å²) in [6.45, 7) is 2.12. The van der Waals surface area contributed by atoms with Gasteiger partial charge in [-0.05, 0) is 56.8 Å². The fourth-order valence-electron chi connectivity index (χ4n) is 4.01. The lowest BCUT2D eigenvalue weighted by atomic mass is 9.91. The highest BCUT2D eigenvalue weighted by Crippen LogP contribution is 2.39. The first kappa shape index (κ1) is 15.5. The highest BCUT2D eigenvalue weighted by atomic mass is 79.9. The summed E-state index contributed by atoms with van der Waals surface area (Å²) >= 11 is 3.66. The number of benzene rings is 5. The first-order chi connectivity index (χ1) is 12.7. The maximum atomic E-state index is 11.8. The molecule has 0 aliphatic carbocycles. The van der Waals surface area contributed by atoms with E-state index in [1.807, 2.05) is 12.1 Å². The second kappa shape index (κ2) is 5.65. The first-order valence-corrected chi connectivity index (χ1v) is 9.39. The Morgan fingerprint density at radius 2 is 1.35 bits per heavy atom. The van der Waals surface area contributed by atoms with E-state index >= 15 is 0 Å². The molecule has 2 heteroatoms. The van der Waals surface area contributed by atoms with Gasteiger partial charge in [0.15, 0.2) is 6.29 Å². The molecule has 5 rings (SSSR count). The minimum atomic E-state index is 0.728. The van der Waals surface area contributed by atoms with E-state index in [4.69, 9.17) is 0 Å². The molecule has 0 spiro atoms. The van der Waals surface area contributed by atoms with Gasteiger partial charge >= 0.3 is 0 Å². The van der Waals surface area contributed by atoms with Crippen molar-refractivity contribution in [1.82, 2.24) is 0 Å². The fourth-order valence-corrected chi connectivity index (χ4v) is 4.47. The smallest absolute Gasteiger partial charge is 0.150 e. The molecule has 0 N–H and O–H groups in total. The lowest BCUT2D eigenvalue weighted by Crippen LogP contribution is -1.89. The molecule has 0 fully saturated rings. The summed E-state index contributed by atoms with van der Waals surface area (Å²) in [5, 5.41) is 9.26. The van der Waals surface area contributed by atoms with Crippen molar-refractivity contribution in [2.45, 2.75) is 6.92 Å². The normalized spacial score (nSPS) is 11.6. The molecule has 5 aromatic carbocycles. The van der Waals surface area contributed by atoms with E-state index in [9.17, 15) is 4.79 Å². The van der Waals surface area contributed by atoms with Crippen molar-refractivity contribution in [2.75, 3.05) is 0 Å². The van der Waals surface area contributed by atoms with Crippen LogP contribution in [0.2, 0.25) is 0 Å². The number of hydrogen-bond acceptors (Lipinski definition) is 1. The summed E-state index contributed by atoms with van der Waals surface area (Å²) in [5.74, 6) is 0. The number of carbonyl (C=O) groups excluding carboxylic acids is 1. The molecule has 124 valence electrons. The molecule has 26 heavy (non-hydrogen) atoms. The molecule has 0 aliphatic heterocycles. The van der Waals surface area contributed by atoms with Crippen LogP contribution in [0.5, 0.6) is 0 Å². The Morgan fingerprint density at radius 3 is 2.12 bits per heavy atom. The predicted molar refractivity (Wildman–Crippen MR) is 114 cm³/mol. The molecule has 0 heterocycles. The van der Waals surface area contributed by atoms with E-state index in [0.29, 0.717) is 0 Å². The van der Waals surface area contributed by atoms with Crippen molar-refractivity contribution < 1.29 is 4.79 Å². The van der Waals surface area contributed by atoms with Crippen molar-refractivity contribution in [1.29, 1.82) is 0 Å². The standard InChI is InChI=1S/C24H15BrO/c1-14-2-3-15-4-5-16-6-7-17-8-10-19-21(25)11-9-18(13-26)23(19)24(17)22(16)20(15)12-14/h2-13H,1H3. The Balaban J connectivity index is 2.19. The van der Waals surface area contributed by atoms with Crippen LogP contribution in [0.15, 0.2) is 71.2 Å². The minimum Gasteiger partial charge on any atom is -0.298 e. The largest absolute Gasteiger partial charge is 0.298 e. The Labute approximate surface area is 159 Å².